The SMILES string of the molecule is CCNC(c1cncc(C)c1)C1SCCSC1CC. The van der Waals surface area contributed by atoms with Crippen LogP contribution >= 0.6 is 23.5 Å². The molecular weight excluding hydrogens is 272 g/mol. The number of aryl methyl sites for hydroxylation is 1. The average Bonchev–Trinajstić information content (AvgIpc) is 2.45. The van der Waals surface area contributed by atoms with Gasteiger partial charge in [0.25, 0.3) is 0 Å². The molecule has 1 aromatic heterocycles. The highest BCUT2D eigenvalue weighted by atomic mass is 32.2. The molecule has 0 spiro atoms. The van der Waals surface area contributed by atoms with Gasteiger partial charge in [0, 0.05) is 40.4 Å². The minimum Gasteiger partial charge on any atom is -0.309 e. The standard InChI is InChI=1S/C15H24N2S2/c1-4-13-15(19-7-6-18-13)14(17-5-2)12-8-11(3)9-16-10-12/h8-10,13-15,17H,4-7H2,1-3H3. The minimum atomic E-state index is 0.431. The van der Waals surface area contributed by atoms with E-state index in [1.165, 1.54) is 29.1 Å². The van der Waals surface area contributed by atoms with Crippen LogP contribution < -0.4 is 5.32 Å². The third kappa shape index (κ3) is 3.89. The summed E-state index contributed by atoms with van der Waals surface area (Å²) in [4.78, 5) is 4.38. The first-order valence-corrected chi connectivity index (χ1v) is 9.24. The molecule has 1 saturated heterocycles. The van der Waals surface area contributed by atoms with Gasteiger partial charge in [-0.25, -0.2) is 0 Å². The number of thioether (sulfide) groups is 2. The molecule has 4 heteroatoms. The van der Waals surface area contributed by atoms with Gasteiger partial charge in [0.05, 0.1) is 0 Å². The van der Waals surface area contributed by atoms with Crippen LogP contribution in [0.5, 0.6) is 0 Å². The van der Waals surface area contributed by atoms with Gasteiger partial charge in [-0.2, -0.15) is 23.5 Å². The van der Waals surface area contributed by atoms with Crippen molar-refractivity contribution in [2.45, 2.75) is 43.7 Å². The summed E-state index contributed by atoms with van der Waals surface area (Å²) >= 11 is 4.28. The Morgan fingerprint density at radius 1 is 1.32 bits per heavy atom. The Bertz CT molecular complexity index is 397. The molecule has 0 amide bonds. The maximum absolute atomic E-state index is 4.38. The molecule has 2 rings (SSSR count). The van der Waals surface area contributed by atoms with Crippen molar-refractivity contribution in [2.75, 3.05) is 18.1 Å². The van der Waals surface area contributed by atoms with Crippen molar-refractivity contribution in [3.05, 3.63) is 29.6 Å². The summed E-state index contributed by atoms with van der Waals surface area (Å²) < 4.78 is 0. The molecule has 0 aliphatic carbocycles. The average molecular weight is 297 g/mol. The Hall–Kier alpha value is -0.190. The summed E-state index contributed by atoms with van der Waals surface area (Å²) in [6.45, 7) is 7.64. The lowest BCUT2D eigenvalue weighted by Crippen LogP contribution is -2.38. The van der Waals surface area contributed by atoms with E-state index in [0.29, 0.717) is 11.3 Å². The van der Waals surface area contributed by atoms with Gasteiger partial charge in [-0.05, 0) is 31.0 Å². The van der Waals surface area contributed by atoms with Crippen LogP contribution in [0.3, 0.4) is 0 Å². The van der Waals surface area contributed by atoms with Gasteiger partial charge in [-0.15, -0.1) is 0 Å². The van der Waals surface area contributed by atoms with Gasteiger partial charge < -0.3 is 5.32 Å². The maximum atomic E-state index is 4.38. The molecule has 0 aromatic carbocycles. The van der Waals surface area contributed by atoms with Crippen LogP contribution in [0.2, 0.25) is 0 Å². The van der Waals surface area contributed by atoms with E-state index in [9.17, 15) is 0 Å². The third-order valence-electron chi connectivity index (χ3n) is 3.50. The number of rotatable bonds is 5. The lowest BCUT2D eigenvalue weighted by atomic mass is 10.0. The second-order valence-electron chi connectivity index (χ2n) is 4.98. The molecule has 2 nitrogen and oxygen atoms in total. The summed E-state index contributed by atoms with van der Waals surface area (Å²) in [7, 11) is 0. The van der Waals surface area contributed by atoms with Gasteiger partial charge >= 0.3 is 0 Å². The van der Waals surface area contributed by atoms with Crippen LogP contribution in [0.15, 0.2) is 18.5 Å². The molecule has 3 unspecified atom stereocenters. The van der Waals surface area contributed by atoms with Crippen LogP contribution in [-0.4, -0.2) is 33.5 Å². The molecule has 1 aliphatic rings. The minimum absolute atomic E-state index is 0.431. The Balaban J connectivity index is 2.23. The zero-order chi connectivity index (χ0) is 13.7. The van der Waals surface area contributed by atoms with Gasteiger partial charge in [0.2, 0.25) is 0 Å². The van der Waals surface area contributed by atoms with E-state index in [0.717, 1.165) is 11.8 Å². The van der Waals surface area contributed by atoms with Crippen LogP contribution in [0, 0.1) is 6.92 Å². The molecular formula is C15H24N2S2. The van der Waals surface area contributed by atoms with Crippen molar-refractivity contribution in [3.8, 4) is 0 Å². The van der Waals surface area contributed by atoms with E-state index in [2.05, 4.69) is 60.7 Å². The lowest BCUT2D eigenvalue weighted by Gasteiger charge is -2.36. The highest BCUT2D eigenvalue weighted by Gasteiger charge is 2.32. The van der Waals surface area contributed by atoms with Crippen molar-refractivity contribution in [1.82, 2.24) is 10.3 Å². The molecule has 106 valence electrons. The highest BCUT2D eigenvalue weighted by Crippen LogP contribution is 2.40. The number of aromatic nitrogens is 1. The van der Waals surface area contributed by atoms with E-state index >= 15 is 0 Å². The molecule has 1 aliphatic heterocycles. The van der Waals surface area contributed by atoms with Crippen LogP contribution in [0.1, 0.15) is 37.4 Å². The first kappa shape index (κ1) is 15.2. The van der Waals surface area contributed by atoms with E-state index in [4.69, 9.17) is 0 Å². The summed E-state index contributed by atoms with van der Waals surface area (Å²) in [6, 6.07) is 2.72. The molecule has 3 atom stereocenters. The monoisotopic (exact) mass is 296 g/mol. The first-order valence-electron chi connectivity index (χ1n) is 7.14. The fourth-order valence-electron chi connectivity index (χ4n) is 2.64. The quantitative estimate of drug-likeness (QED) is 0.896. The predicted octanol–water partition coefficient (Wildman–Crippen LogP) is 3.67. The second-order valence-corrected chi connectivity index (χ2v) is 7.62. The van der Waals surface area contributed by atoms with Gasteiger partial charge in [-0.1, -0.05) is 19.9 Å². The highest BCUT2D eigenvalue weighted by molar-refractivity contribution is 8.07. The maximum Gasteiger partial charge on any atom is 0.0466 e. The number of hydrogen-bond acceptors (Lipinski definition) is 4. The summed E-state index contributed by atoms with van der Waals surface area (Å²) in [5.41, 5.74) is 2.60. The summed E-state index contributed by atoms with van der Waals surface area (Å²) in [5, 5.41) is 5.10. The van der Waals surface area contributed by atoms with Crippen molar-refractivity contribution >= 4 is 23.5 Å². The number of nitrogens with zero attached hydrogens (tertiary/aromatic N) is 1. The Morgan fingerprint density at radius 2 is 2.11 bits per heavy atom. The van der Waals surface area contributed by atoms with Crippen LogP contribution in [-0.2, 0) is 0 Å². The van der Waals surface area contributed by atoms with E-state index in [-0.39, 0.29) is 0 Å². The van der Waals surface area contributed by atoms with E-state index < -0.39 is 0 Å². The van der Waals surface area contributed by atoms with Gasteiger partial charge in [0.15, 0.2) is 0 Å². The van der Waals surface area contributed by atoms with Gasteiger partial charge in [0.1, 0.15) is 0 Å². The Kier molecular flexibility index (Phi) is 6.05. The summed E-state index contributed by atoms with van der Waals surface area (Å²) in [6.07, 6.45) is 5.23. The largest absolute Gasteiger partial charge is 0.309 e. The normalized spacial score (nSPS) is 25.2. The molecule has 1 N–H and O–H groups in total. The molecule has 0 saturated carbocycles. The molecule has 1 aromatic rings. The molecule has 0 bridgehead atoms. The fraction of sp³-hybridized carbons (Fsp3) is 0.667. The Labute approximate surface area is 125 Å². The smallest absolute Gasteiger partial charge is 0.0466 e. The van der Waals surface area contributed by atoms with Crippen LogP contribution in [0.25, 0.3) is 0 Å². The van der Waals surface area contributed by atoms with E-state index in [1.54, 1.807) is 0 Å². The van der Waals surface area contributed by atoms with E-state index in [1.807, 2.05) is 12.4 Å². The molecule has 0 radical (unpaired) electrons. The fourth-order valence-corrected chi connectivity index (χ4v) is 5.89. The number of pyridine rings is 1. The topological polar surface area (TPSA) is 24.9 Å². The molecule has 1 fully saturated rings. The van der Waals surface area contributed by atoms with Crippen molar-refractivity contribution < 1.29 is 0 Å². The third-order valence-corrected chi connectivity index (χ3v) is 6.85. The van der Waals surface area contributed by atoms with Crippen molar-refractivity contribution in [3.63, 3.8) is 0 Å². The molecule has 19 heavy (non-hydrogen) atoms. The molecule has 2 heterocycles. The number of hydrogen-bond donors (Lipinski definition) is 1. The number of nitrogens with one attached hydrogen (secondary N) is 1. The first-order chi connectivity index (χ1) is 9.26. The lowest BCUT2D eigenvalue weighted by molar-refractivity contribution is 0.511. The summed E-state index contributed by atoms with van der Waals surface area (Å²) in [5.74, 6) is 2.57. The predicted molar refractivity (Wildman–Crippen MR) is 88.2 cm³/mol. The van der Waals surface area contributed by atoms with Crippen molar-refractivity contribution in [1.29, 1.82) is 0 Å². The van der Waals surface area contributed by atoms with Crippen molar-refractivity contribution in [2.24, 2.45) is 0 Å². The van der Waals surface area contributed by atoms with Crippen LogP contribution in [0.4, 0.5) is 0 Å². The second kappa shape index (κ2) is 7.55. The zero-order valence-corrected chi connectivity index (χ0v) is 13.7. The van der Waals surface area contributed by atoms with Gasteiger partial charge in [-0.3, -0.25) is 4.98 Å². The Morgan fingerprint density at radius 3 is 2.79 bits per heavy atom. The zero-order valence-electron chi connectivity index (χ0n) is 12.1.